The van der Waals surface area contributed by atoms with Crippen molar-refractivity contribution in [2.75, 3.05) is 19.6 Å². The summed E-state index contributed by atoms with van der Waals surface area (Å²) in [4.78, 5) is 12.3. The van der Waals surface area contributed by atoms with Crippen molar-refractivity contribution in [2.45, 2.75) is 19.8 Å². The van der Waals surface area contributed by atoms with Gasteiger partial charge in [0.1, 0.15) is 4.88 Å². The van der Waals surface area contributed by atoms with Crippen LogP contribution < -0.4 is 10.6 Å². The minimum Gasteiger partial charge on any atom is -0.351 e. The van der Waals surface area contributed by atoms with E-state index in [0.717, 1.165) is 31.0 Å². The standard InChI is InChI=1S/C10H16N4OS/c1-10(3-2-4-11-6-10)7-12-9(15)8-5-13-14-16-8/h5,11H,2-4,6-7H2,1H3,(H,12,15). The molecule has 5 nitrogen and oxygen atoms in total. The smallest absolute Gasteiger partial charge is 0.264 e. The highest BCUT2D eigenvalue weighted by Crippen LogP contribution is 2.24. The third-order valence-electron chi connectivity index (χ3n) is 2.95. The highest BCUT2D eigenvalue weighted by atomic mass is 32.1. The number of carbonyl (C=O) groups excluding carboxylic acids is 1. The molecule has 1 unspecified atom stereocenters. The molecule has 1 aromatic heterocycles. The molecule has 1 amide bonds. The van der Waals surface area contributed by atoms with Crippen molar-refractivity contribution in [1.82, 2.24) is 20.2 Å². The van der Waals surface area contributed by atoms with Crippen LogP contribution in [0.2, 0.25) is 0 Å². The molecule has 1 aromatic rings. The number of piperidine rings is 1. The SMILES string of the molecule is CC1(CNC(=O)c2cnns2)CCCNC1. The van der Waals surface area contributed by atoms with Gasteiger partial charge in [-0.3, -0.25) is 4.79 Å². The third kappa shape index (κ3) is 2.76. The van der Waals surface area contributed by atoms with E-state index < -0.39 is 0 Å². The number of hydrogen-bond donors (Lipinski definition) is 2. The summed E-state index contributed by atoms with van der Waals surface area (Å²) in [5.74, 6) is -0.0678. The van der Waals surface area contributed by atoms with Crippen molar-refractivity contribution in [1.29, 1.82) is 0 Å². The Morgan fingerprint density at radius 1 is 1.75 bits per heavy atom. The van der Waals surface area contributed by atoms with Crippen LogP contribution in [0.5, 0.6) is 0 Å². The highest BCUT2D eigenvalue weighted by Gasteiger charge is 2.27. The molecule has 0 radical (unpaired) electrons. The normalized spacial score (nSPS) is 25.3. The van der Waals surface area contributed by atoms with Gasteiger partial charge in [0.25, 0.3) is 5.91 Å². The summed E-state index contributed by atoms with van der Waals surface area (Å²) in [5.41, 5.74) is 0.173. The van der Waals surface area contributed by atoms with Gasteiger partial charge < -0.3 is 10.6 Å². The van der Waals surface area contributed by atoms with E-state index in [0.29, 0.717) is 11.4 Å². The van der Waals surface area contributed by atoms with E-state index in [4.69, 9.17) is 0 Å². The first-order valence-corrected chi connectivity index (χ1v) is 6.23. The van der Waals surface area contributed by atoms with Crippen molar-refractivity contribution in [2.24, 2.45) is 5.41 Å². The van der Waals surface area contributed by atoms with E-state index in [1.807, 2.05) is 0 Å². The average molecular weight is 240 g/mol. The summed E-state index contributed by atoms with van der Waals surface area (Å²) in [6.07, 6.45) is 3.83. The van der Waals surface area contributed by atoms with Crippen LogP contribution in [0.15, 0.2) is 6.20 Å². The molecular weight excluding hydrogens is 224 g/mol. The minimum atomic E-state index is -0.0678. The summed E-state index contributed by atoms with van der Waals surface area (Å²) in [6.45, 7) is 4.96. The molecule has 0 saturated carbocycles. The fourth-order valence-electron chi connectivity index (χ4n) is 1.92. The number of aromatic nitrogens is 2. The lowest BCUT2D eigenvalue weighted by Gasteiger charge is -2.34. The predicted molar refractivity (Wildman–Crippen MR) is 62.5 cm³/mol. The van der Waals surface area contributed by atoms with Crippen LogP contribution in [0.25, 0.3) is 0 Å². The zero-order valence-corrected chi connectivity index (χ0v) is 10.1. The Kier molecular flexibility index (Phi) is 3.50. The molecule has 0 aromatic carbocycles. The summed E-state index contributed by atoms with van der Waals surface area (Å²) < 4.78 is 3.67. The fraction of sp³-hybridized carbons (Fsp3) is 0.700. The van der Waals surface area contributed by atoms with E-state index in [1.165, 1.54) is 12.6 Å². The first-order valence-electron chi connectivity index (χ1n) is 5.46. The number of nitrogens with one attached hydrogen (secondary N) is 2. The summed E-state index contributed by atoms with van der Waals surface area (Å²) in [7, 11) is 0. The zero-order valence-electron chi connectivity index (χ0n) is 9.32. The molecule has 88 valence electrons. The second kappa shape index (κ2) is 4.88. The summed E-state index contributed by atoms with van der Waals surface area (Å²) in [5, 5.41) is 9.96. The topological polar surface area (TPSA) is 66.9 Å². The van der Waals surface area contributed by atoms with Crippen LogP contribution >= 0.6 is 11.5 Å². The third-order valence-corrected chi connectivity index (χ3v) is 3.61. The lowest BCUT2D eigenvalue weighted by Crippen LogP contribution is -2.45. The molecule has 2 rings (SSSR count). The maximum Gasteiger partial charge on any atom is 0.264 e. The van der Waals surface area contributed by atoms with E-state index in [2.05, 4.69) is 27.1 Å². The van der Waals surface area contributed by atoms with Crippen molar-refractivity contribution in [3.63, 3.8) is 0 Å². The van der Waals surface area contributed by atoms with Gasteiger partial charge in [-0.1, -0.05) is 11.4 Å². The van der Waals surface area contributed by atoms with Crippen LogP contribution in [-0.4, -0.2) is 35.1 Å². The van der Waals surface area contributed by atoms with Gasteiger partial charge in [-0.2, -0.15) is 0 Å². The van der Waals surface area contributed by atoms with E-state index in [9.17, 15) is 4.79 Å². The second-order valence-electron chi connectivity index (χ2n) is 4.56. The zero-order chi connectivity index (χ0) is 11.4. The van der Waals surface area contributed by atoms with Gasteiger partial charge in [0.05, 0.1) is 6.20 Å². The molecule has 0 bridgehead atoms. The van der Waals surface area contributed by atoms with Gasteiger partial charge in [-0.05, 0) is 36.3 Å². The Morgan fingerprint density at radius 3 is 3.25 bits per heavy atom. The molecule has 0 aliphatic carbocycles. The van der Waals surface area contributed by atoms with E-state index in [1.54, 1.807) is 0 Å². The lowest BCUT2D eigenvalue weighted by molar-refractivity contribution is 0.0928. The quantitative estimate of drug-likeness (QED) is 0.814. The molecule has 2 heterocycles. The largest absolute Gasteiger partial charge is 0.351 e. The first-order chi connectivity index (χ1) is 7.70. The number of amides is 1. The monoisotopic (exact) mass is 240 g/mol. The van der Waals surface area contributed by atoms with Gasteiger partial charge in [-0.15, -0.1) is 5.10 Å². The number of rotatable bonds is 3. The predicted octanol–water partition coefficient (Wildman–Crippen LogP) is 0.658. The Morgan fingerprint density at radius 2 is 2.62 bits per heavy atom. The summed E-state index contributed by atoms with van der Waals surface area (Å²) in [6, 6.07) is 0. The maximum absolute atomic E-state index is 11.7. The van der Waals surface area contributed by atoms with Gasteiger partial charge >= 0.3 is 0 Å². The van der Waals surface area contributed by atoms with Gasteiger partial charge in [0.15, 0.2) is 0 Å². The van der Waals surface area contributed by atoms with Crippen LogP contribution in [-0.2, 0) is 0 Å². The molecule has 1 aliphatic heterocycles. The van der Waals surface area contributed by atoms with Crippen LogP contribution in [0.4, 0.5) is 0 Å². The number of nitrogens with zero attached hydrogens (tertiary/aromatic N) is 2. The Balaban J connectivity index is 1.84. The Bertz CT molecular complexity index is 346. The first kappa shape index (κ1) is 11.5. The average Bonchev–Trinajstić information content (AvgIpc) is 2.80. The number of carbonyl (C=O) groups is 1. The fourth-order valence-corrected chi connectivity index (χ4v) is 2.35. The molecule has 16 heavy (non-hydrogen) atoms. The van der Waals surface area contributed by atoms with Gasteiger partial charge in [0.2, 0.25) is 0 Å². The van der Waals surface area contributed by atoms with E-state index in [-0.39, 0.29) is 11.3 Å². The Hall–Kier alpha value is -1.01. The highest BCUT2D eigenvalue weighted by molar-refractivity contribution is 7.07. The van der Waals surface area contributed by atoms with Crippen LogP contribution in [0.3, 0.4) is 0 Å². The lowest BCUT2D eigenvalue weighted by atomic mass is 9.83. The van der Waals surface area contributed by atoms with Crippen LogP contribution in [0, 0.1) is 5.41 Å². The maximum atomic E-state index is 11.7. The van der Waals surface area contributed by atoms with Crippen molar-refractivity contribution >= 4 is 17.4 Å². The molecule has 1 aliphatic rings. The molecule has 1 atom stereocenters. The van der Waals surface area contributed by atoms with Crippen molar-refractivity contribution in [3.05, 3.63) is 11.1 Å². The molecule has 6 heteroatoms. The van der Waals surface area contributed by atoms with Crippen LogP contribution in [0.1, 0.15) is 29.4 Å². The van der Waals surface area contributed by atoms with Crippen molar-refractivity contribution in [3.8, 4) is 0 Å². The Labute approximate surface area is 98.8 Å². The van der Waals surface area contributed by atoms with E-state index >= 15 is 0 Å². The molecule has 2 N–H and O–H groups in total. The summed E-state index contributed by atoms with van der Waals surface area (Å²) >= 11 is 1.13. The molecular formula is C10H16N4OS. The minimum absolute atomic E-state index is 0.0678. The molecule has 1 fully saturated rings. The molecule has 0 spiro atoms. The van der Waals surface area contributed by atoms with Crippen molar-refractivity contribution < 1.29 is 4.79 Å². The van der Waals surface area contributed by atoms with Gasteiger partial charge in [-0.25, -0.2) is 0 Å². The number of hydrogen-bond acceptors (Lipinski definition) is 5. The van der Waals surface area contributed by atoms with Gasteiger partial charge in [0, 0.05) is 13.1 Å². The second-order valence-corrected chi connectivity index (χ2v) is 5.34. The molecule has 1 saturated heterocycles.